The molecule has 0 atom stereocenters. The van der Waals surface area contributed by atoms with Crippen molar-refractivity contribution < 1.29 is 9.53 Å². The van der Waals surface area contributed by atoms with Crippen molar-refractivity contribution in [3.05, 3.63) is 29.5 Å². The van der Waals surface area contributed by atoms with Gasteiger partial charge in [-0.1, -0.05) is 12.1 Å². The van der Waals surface area contributed by atoms with Gasteiger partial charge in [0.05, 0.1) is 18.5 Å². The molecular formula is C12H15N4O3-. The Morgan fingerprint density at radius 2 is 2.26 bits per heavy atom. The van der Waals surface area contributed by atoms with Crippen LogP contribution >= 0.6 is 0 Å². The van der Waals surface area contributed by atoms with E-state index in [9.17, 15) is 10.0 Å². The molecule has 0 saturated heterocycles. The van der Waals surface area contributed by atoms with Crippen LogP contribution in [0.15, 0.2) is 29.3 Å². The number of hydrogen-bond acceptors (Lipinski definition) is 5. The summed E-state index contributed by atoms with van der Waals surface area (Å²) in [5, 5.41) is 15.4. The molecular weight excluding hydrogens is 248 g/mol. The molecule has 1 aromatic rings. The number of nitrogens with zero attached hydrogens (tertiary/aromatic N) is 2. The maximum absolute atomic E-state index is 11.7. The number of methoxy groups -OCH3 is 1. The summed E-state index contributed by atoms with van der Waals surface area (Å²) in [5.74, 6) is 0.110. The lowest BCUT2D eigenvalue weighted by atomic mass is 10.2. The third kappa shape index (κ3) is 3.35. The molecule has 102 valence electrons. The zero-order valence-corrected chi connectivity index (χ0v) is 10.5. The highest BCUT2D eigenvalue weighted by Crippen LogP contribution is 2.26. The topological polar surface area (TPSA) is 89.0 Å². The van der Waals surface area contributed by atoms with Crippen LogP contribution in [0.1, 0.15) is 12.8 Å². The van der Waals surface area contributed by atoms with E-state index in [2.05, 4.69) is 20.5 Å². The quantitative estimate of drug-likeness (QED) is 0.627. The number of guanidine groups is 1. The summed E-state index contributed by atoms with van der Waals surface area (Å²) in [6.45, 7) is 0.431. The monoisotopic (exact) mass is 263 g/mol. The maximum Gasteiger partial charge on any atom is 0.305 e. The lowest BCUT2D eigenvalue weighted by molar-refractivity contribution is -0.140. The van der Waals surface area contributed by atoms with Gasteiger partial charge in [-0.2, -0.15) is 0 Å². The highest BCUT2D eigenvalue weighted by Gasteiger charge is 2.12. The van der Waals surface area contributed by atoms with E-state index in [1.807, 2.05) is 6.07 Å². The van der Waals surface area contributed by atoms with Crippen LogP contribution in [0.3, 0.4) is 0 Å². The summed E-state index contributed by atoms with van der Waals surface area (Å²) in [6.07, 6.45) is 0.880. The molecule has 0 fully saturated rings. The van der Waals surface area contributed by atoms with Crippen molar-refractivity contribution in [2.45, 2.75) is 12.8 Å². The predicted molar refractivity (Wildman–Crippen MR) is 72.6 cm³/mol. The van der Waals surface area contributed by atoms with Crippen molar-refractivity contribution in [1.82, 2.24) is 5.43 Å². The maximum atomic E-state index is 11.7. The Labute approximate surface area is 110 Å². The molecule has 1 aliphatic rings. The van der Waals surface area contributed by atoms with E-state index < -0.39 is 0 Å². The van der Waals surface area contributed by atoms with E-state index in [0.717, 1.165) is 0 Å². The third-order valence-electron chi connectivity index (χ3n) is 2.62. The Balaban J connectivity index is 1.92. The van der Waals surface area contributed by atoms with E-state index in [-0.39, 0.29) is 5.97 Å². The van der Waals surface area contributed by atoms with Crippen molar-refractivity contribution in [3.8, 4) is 0 Å². The zero-order chi connectivity index (χ0) is 13.7. The zero-order valence-electron chi connectivity index (χ0n) is 10.5. The number of fused-ring (bicyclic) bond motifs is 1. The van der Waals surface area contributed by atoms with Gasteiger partial charge in [-0.15, -0.1) is 0 Å². The molecule has 0 aromatic heterocycles. The molecule has 1 aliphatic heterocycles. The van der Waals surface area contributed by atoms with Crippen LogP contribution in [0.25, 0.3) is 0 Å². The third-order valence-corrected chi connectivity index (χ3v) is 2.62. The normalized spacial score (nSPS) is 15.5. The van der Waals surface area contributed by atoms with Crippen LogP contribution in [0.2, 0.25) is 0 Å². The van der Waals surface area contributed by atoms with Gasteiger partial charge in [-0.05, 0) is 18.6 Å². The number of benzene rings is 1. The van der Waals surface area contributed by atoms with Crippen LogP contribution < -0.4 is 15.9 Å². The van der Waals surface area contributed by atoms with E-state index in [1.54, 1.807) is 18.2 Å². The molecule has 19 heavy (non-hydrogen) atoms. The molecule has 2 rings (SSSR count). The molecule has 7 nitrogen and oxygen atoms in total. The van der Waals surface area contributed by atoms with Gasteiger partial charge in [0.15, 0.2) is 0 Å². The van der Waals surface area contributed by atoms with Gasteiger partial charge in [-0.3, -0.25) is 15.2 Å². The summed E-state index contributed by atoms with van der Waals surface area (Å²) < 4.78 is 4.53. The summed E-state index contributed by atoms with van der Waals surface area (Å²) in [4.78, 5) is 15.1. The van der Waals surface area contributed by atoms with Crippen molar-refractivity contribution in [1.29, 1.82) is 0 Å². The smallest absolute Gasteiger partial charge is 0.305 e. The molecule has 0 aliphatic carbocycles. The van der Waals surface area contributed by atoms with Crippen molar-refractivity contribution in [2.75, 3.05) is 24.1 Å². The van der Waals surface area contributed by atoms with Gasteiger partial charge >= 0.3 is 5.97 Å². The van der Waals surface area contributed by atoms with E-state index >= 15 is 0 Å². The van der Waals surface area contributed by atoms with Gasteiger partial charge in [0.25, 0.3) is 0 Å². The van der Waals surface area contributed by atoms with Crippen LogP contribution in [0, 0.1) is 5.21 Å². The molecule has 7 heteroatoms. The highest BCUT2D eigenvalue weighted by molar-refractivity contribution is 6.00. The minimum Gasteiger partial charge on any atom is -0.739 e. The Morgan fingerprint density at radius 3 is 3.05 bits per heavy atom. The SMILES string of the molecule is COC(=O)CCCN=C1Nc2ccccc2N([O-])N1. The lowest BCUT2D eigenvalue weighted by Crippen LogP contribution is -2.46. The van der Waals surface area contributed by atoms with Crippen LogP contribution in [-0.4, -0.2) is 25.6 Å². The number of nitrogens with one attached hydrogen (secondary N) is 2. The first-order chi connectivity index (χ1) is 9.20. The highest BCUT2D eigenvalue weighted by atomic mass is 16.5. The van der Waals surface area contributed by atoms with Crippen LogP contribution in [0.5, 0.6) is 0 Å². The number of rotatable bonds is 4. The molecule has 1 aromatic carbocycles. The summed E-state index contributed by atoms with van der Waals surface area (Å²) in [7, 11) is 1.35. The lowest BCUT2D eigenvalue weighted by Gasteiger charge is -2.38. The molecule has 2 N–H and O–H groups in total. The number of hydrogen-bond donors (Lipinski definition) is 2. The van der Waals surface area contributed by atoms with Gasteiger partial charge < -0.3 is 20.4 Å². The fourth-order valence-corrected chi connectivity index (χ4v) is 1.66. The number of carbonyl (C=O) groups is 1. The minimum atomic E-state index is -0.263. The molecule has 0 radical (unpaired) electrons. The molecule has 1 heterocycles. The molecule has 0 bridgehead atoms. The first-order valence-electron chi connectivity index (χ1n) is 5.92. The second-order valence-electron chi connectivity index (χ2n) is 3.96. The second-order valence-corrected chi connectivity index (χ2v) is 3.96. The molecule has 0 unspecified atom stereocenters. The van der Waals surface area contributed by atoms with Gasteiger partial charge in [0.1, 0.15) is 0 Å². The number of ether oxygens (including phenoxy) is 1. The van der Waals surface area contributed by atoms with Gasteiger partial charge in [-0.25, -0.2) is 0 Å². The Morgan fingerprint density at radius 1 is 1.47 bits per heavy atom. The Bertz CT molecular complexity index is 490. The summed E-state index contributed by atoms with van der Waals surface area (Å²) in [6, 6.07) is 7.12. The molecule has 0 saturated carbocycles. The van der Waals surface area contributed by atoms with Crippen LogP contribution in [0.4, 0.5) is 11.4 Å². The predicted octanol–water partition coefficient (Wildman–Crippen LogP) is 1.23. The Kier molecular flexibility index (Phi) is 4.19. The van der Waals surface area contributed by atoms with Crippen molar-refractivity contribution in [2.24, 2.45) is 4.99 Å². The second kappa shape index (κ2) is 6.05. The van der Waals surface area contributed by atoms with E-state index in [4.69, 9.17) is 0 Å². The van der Waals surface area contributed by atoms with Gasteiger partial charge in [0, 0.05) is 13.0 Å². The molecule has 0 amide bonds. The number of hydrazine groups is 1. The number of carbonyl (C=O) groups excluding carboxylic acids is 1. The number of aliphatic imine (C=N–C) groups is 1. The summed E-state index contributed by atoms with van der Waals surface area (Å²) in [5.41, 5.74) is 3.78. The average Bonchev–Trinajstić information content (AvgIpc) is 2.43. The van der Waals surface area contributed by atoms with E-state index in [0.29, 0.717) is 41.9 Å². The number of anilines is 2. The fraction of sp³-hybridized carbons (Fsp3) is 0.333. The van der Waals surface area contributed by atoms with Crippen LogP contribution in [-0.2, 0) is 9.53 Å². The largest absolute Gasteiger partial charge is 0.739 e. The first-order valence-corrected chi connectivity index (χ1v) is 5.92. The standard InChI is InChI=1S/C12H15N4O3/c1-19-11(17)7-4-8-13-12-14-9-5-2-3-6-10(9)16(18)15-12/h2-3,5-6H,4,7-8H2,1H3,(H2,13,14,15)/q-1. The van der Waals surface area contributed by atoms with E-state index in [1.165, 1.54) is 7.11 Å². The number of para-hydroxylation sites is 2. The van der Waals surface area contributed by atoms with Gasteiger partial charge in [0.2, 0.25) is 5.96 Å². The fourth-order valence-electron chi connectivity index (χ4n) is 1.66. The van der Waals surface area contributed by atoms with Crippen molar-refractivity contribution in [3.63, 3.8) is 0 Å². The minimum absolute atomic E-state index is 0.263. The Hall–Kier alpha value is -2.28. The summed E-state index contributed by atoms with van der Waals surface area (Å²) >= 11 is 0. The van der Waals surface area contributed by atoms with Crippen molar-refractivity contribution >= 4 is 23.3 Å². The number of esters is 1. The average molecular weight is 263 g/mol. The first kappa shape index (κ1) is 13.2. The molecule has 0 spiro atoms.